The largest absolute Gasteiger partial charge is 0.320 e. The number of nitrogens with one attached hydrogen (secondary N) is 2. The molecule has 29 heavy (non-hydrogen) atoms. The fourth-order valence-corrected chi connectivity index (χ4v) is 3.33. The van der Waals surface area contributed by atoms with Gasteiger partial charge in [0.15, 0.2) is 0 Å². The molecule has 4 rings (SSSR count). The van der Waals surface area contributed by atoms with Crippen molar-refractivity contribution in [2.45, 2.75) is 20.3 Å². The number of hydrogen-bond acceptors (Lipinski definition) is 4. The summed E-state index contributed by atoms with van der Waals surface area (Å²) in [6.45, 7) is 4.12. The van der Waals surface area contributed by atoms with Gasteiger partial charge in [-0.1, -0.05) is 44.2 Å². The highest BCUT2D eigenvalue weighted by atomic mass is 16.2. The van der Waals surface area contributed by atoms with Crippen LogP contribution in [-0.2, 0) is 4.79 Å². The Labute approximate surface area is 169 Å². The Morgan fingerprint density at radius 2 is 1.79 bits per heavy atom. The first-order valence-electron chi connectivity index (χ1n) is 9.52. The zero-order valence-electron chi connectivity index (χ0n) is 16.3. The lowest BCUT2D eigenvalue weighted by Crippen LogP contribution is -2.18. The van der Waals surface area contributed by atoms with Crippen molar-refractivity contribution in [1.29, 1.82) is 0 Å². The first-order valence-corrected chi connectivity index (χ1v) is 9.52. The lowest BCUT2D eigenvalue weighted by Gasteiger charge is -2.11. The normalized spacial score (nSPS) is 16.7. The van der Waals surface area contributed by atoms with Gasteiger partial charge in [0.2, 0.25) is 5.91 Å². The molecule has 0 saturated heterocycles. The molecule has 0 bridgehead atoms. The van der Waals surface area contributed by atoms with E-state index in [9.17, 15) is 9.59 Å². The van der Waals surface area contributed by atoms with E-state index in [1.807, 2.05) is 36.4 Å². The molecule has 1 aliphatic rings. The first kappa shape index (κ1) is 18.8. The summed E-state index contributed by atoms with van der Waals surface area (Å²) >= 11 is 0. The molecule has 0 spiro atoms. The molecule has 1 saturated carbocycles. The third kappa shape index (κ3) is 4.16. The molecule has 6 heteroatoms. The summed E-state index contributed by atoms with van der Waals surface area (Å²) in [5.41, 5.74) is 2.93. The number of carbonyl (C=O) groups is 2. The van der Waals surface area contributed by atoms with E-state index in [-0.39, 0.29) is 23.1 Å². The predicted molar refractivity (Wildman–Crippen MR) is 112 cm³/mol. The highest BCUT2D eigenvalue weighted by Gasteiger charge is 2.50. The Kier molecular flexibility index (Phi) is 4.84. The van der Waals surface area contributed by atoms with E-state index in [4.69, 9.17) is 0 Å². The number of hydrogen-bond donors (Lipinski definition) is 2. The van der Waals surface area contributed by atoms with Crippen molar-refractivity contribution in [1.82, 2.24) is 9.97 Å². The van der Waals surface area contributed by atoms with Gasteiger partial charge in [-0.05, 0) is 35.6 Å². The van der Waals surface area contributed by atoms with Crippen molar-refractivity contribution >= 4 is 23.3 Å². The lowest BCUT2D eigenvalue weighted by molar-refractivity contribution is -0.118. The SMILES string of the molecule is CC1(C)CC1C(=O)Nc1cc(C(=O)Nc2cnccc2-c2ccccc2)ccn1. The van der Waals surface area contributed by atoms with Crippen molar-refractivity contribution in [3.63, 3.8) is 0 Å². The Balaban J connectivity index is 1.51. The number of pyridine rings is 2. The zero-order chi connectivity index (χ0) is 20.4. The van der Waals surface area contributed by atoms with Gasteiger partial charge in [0.25, 0.3) is 5.91 Å². The van der Waals surface area contributed by atoms with E-state index >= 15 is 0 Å². The maximum Gasteiger partial charge on any atom is 0.255 e. The van der Waals surface area contributed by atoms with Crippen LogP contribution in [0.25, 0.3) is 11.1 Å². The molecule has 2 N–H and O–H groups in total. The van der Waals surface area contributed by atoms with Crippen molar-refractivity contribution in [2.75, 3.05) is 10.6 Å². The van der Waals surface area contributed by atoms with Crippen LogP contribution in [0.2, 0.25) is 0 Å². The summed E-state index contributed by atoms with van der Waals surface area (Å²) < 4.78 is 0. The van der Waals surface area contributed by atoms with Crippen LogP contribution in [0.5, 0.6) is 0 Å². The van der Waals surface area contributed by atoms with Gasteiger partial charge in [-0.25, -0.2) is 4.98 Å². The van der Waals surface area contributed by atoms with Crippen LogP contribution in [0, 0.1) is 11.3 Å². The smallest absolute Gasteiger partial charge is 0.255 e. The lowest BCUT2D eigenvalue weighted by atomic mass is 10.1. The molecule has 1 aliphatic carbocycles. The van der Waals surface area contributed by atoms with Crippen LogP contribution in [0.3, 0.4) is 0 Å². The van der Waals surface area contributed by atoms with Crippen LogP contribution in [0.1, 0.15) is 30.6 Å². The minimum absolute atomic E-state index is 0.00870. The monoisotopic (exact) mass is 386 g/mol. The van der Waals surface area contributed by atoms with E-state index < -0.39 is 0 Å². The van der Waals surface area contributed by atoms with Crippen LogP contribution < -0.4 is 10.6 Å². The van der Waals surface area contributed by atoms with E-state index in [1.54, 1.807) is 24.5 Å². The van der Waals surface area contributed by atoms with Crippen LogP contribution >= 0.6 is 0 Å². The summed E-state index contributed by atoms with van der Waals surface area (Å²) in [7, 11) is 0. The summed E-state index contributed by atoms with van der Waals surface area (Å²) in [5, 5.41) is 5.73. The zero-order valence-corrected chi connectivity index (χ0v) is 16.3. The van der Waals surface area contributed by atoms with Crippen LogP contribution in [0.4, 0.5) is 11.5 Å². The molecule has 1 unspecified atom stereocenters. The third-order valence-electron chi connectivity index (χ3n) is 5.26. The number of amides is 2. The van der Waals surface area contributed by atoms with Crippen LogP contribution in [0.15, 0.2) is 67.1 Å². The van der Waals surface area contributed by atoms with Crippen molar-refractivity contribution in [3.05, 3.63) is 72.7 Å². The van der Waals surface area contributed by atoms with Crippen molar-refractivity contribution < 1.29 is 9.59 Å². The van der Waals surface area contributed by atoms with Gasteiger partial charge in [0.05, 0.1) is 11.9 Å². The topological polar surface area (TPSA) is 84.0 Å². The van der Waals surface area contributed by atoms with Gasteiger partial charge in [-0.2, -0.15) is 0 Å². The average molecular weight is 386 g/mol. The number of carbonyl (C=O) groups excluding carboxylic acids is 2. The highest BCUT2D eigenvalue weighted by Crippen LogP contribution is 2.51. The molecule has 2 aromatic heterocycles. The van der Waals surface area contributed by atoms with Gasteiger partial charge >= 0.3 is 0 Å². The molecule has 6 nitrogen and oxygen atoms in total. The second kappa shape index (κ2) is 7.47. The number of rotatable bonds is 5. The molecular formula is C23H22N4O2. The molecule has 0 radical (unpaired) electrons. The fraction of sp³-hybridized carbons (Fsp3) is 0.217. The van der Waals surface area contributed by atoms with E-state index in [0.29, 0.717) is 17.1 Å². The molecule has 2 heterocycles. The Bertz CT molecular complexity index is 1060. The number of benzene rings is 1. The summed E-state index contributed by atoms with van der Waals surface area (Å²) in [6, 6.07) is 14.8. The van der Waals surface area contributed by atoms with Gasteiger partial charge < -0.3 is 10.6 Å². The summed E-state index contributed by atoms with van der Waals surface area (Å²) in [6.07, 6.45) is 5.70. The molecule has 1 fully saturated rings. The first-order chi connectivity index (χ1) is 13.9. The third-order valence-corrected chi connectivity index (χ3v) is 5.26. The Hall–Kier alpha value is -3.54. The minimum Gasteiger partial charge on any atom is -0.320 e. The highest BCUT2D eigenvalue weighted by molar-refractivity contribution is 6.07. The Morgan fingerprint density at radius 1 is 1.03 bits per heavy atom. The van der Waals surface area contributed by atoms with Gasteiger partial charge in [0.1, 0.15) is 5.82 Å². The Morgan fingerprint density at radius 3 is 2.52 bits per heavy atom. The molecule has 1 atom stereocenters. The van der Waals surface area contributed by atoms with Crippen molar-refractivity contribution in [2.24, 2.45) is 11.3 Å². The quantitative estimate of drug-likeness (QED) is 0.681. The van der Waals surface area contributed by atoms with Gasteiger partial charge in [0, 0.05) is 29.4 Å². The molecular weight excluding hydrogens is 364 g/mol. The number of aromatic nitrogens is 2. The van der Waals surface area contributed by atoms with Crippen molar-refractivity contribution in [3.8, 4) is 11.1 Å². The predicted octanol–water partition coefficient (Wildman–Crippen LogP) is 4.38. The number of anilines is 2. The van der Waals surface area contributed by atoms with Gasteiger partial charge in [-0.15, -0.1) is 0 Å². The standard InChI is InChI=1S/C23H22N4O2/c1-23(2)13-18(23)22(29)27-20-12-16(8-11-25-20)21(28)26-19-14-24-10-9-17(19)15-6-4-3-5-7-15/h3-12,14,18H,13H2,1-2H3,(H,26,28)(H,25,27,29). The molecule has 2 amide bonds. The van der Waals surface area contributed by atoms with Crippen LogP contribution in [-0.4, -0.2) is 21.8 Å². The van der Waals surface area contributed by atoms with Gasteiger partial charge in [-0.3, -0.25) is 14.6 Å². The van der Waals surface area contributed by atoms with E-state index in [2.05, 4.69) is 34.4 Å². The second-order valence-corrected chi connectivity index (χ2v) is 7.91. The minimum atomic E-state index is -0.292. The van der Waals surface area contributed by atoms with E-state index in [1.165, 1.54) is 6.20 Å². The molecule has 0 aliphatic heterocycles. The molecule has 3 aromatic rings. The second-order valence-electron chi connectivity index (χ2n) is 7.91. The summed E-state index contributed by atoms with van der Waals surface area (Å²) in [5.74, 6) is 0.0175. The average Bonchev–Trinajstić information content (AvgIpc) is 3.38. The molecule has 146 valence electrons. The molecule has 1 aromatic carbocycles. The van der Waals surface area contributed by atoms with E-state index in [0.717, 1.165) is 17.5 Å². The fourth-order valence-electron chi connectivity index (χ4n) is 3.33. The summed E-state index contributed by atoms with van der Waals surface area (Å²) in [4.78, 5) is 33.4. The maximum absolute atomic E-state index is 12.8. The maximum atomic E-state index is 12.8. The number of nitrogens with zero attached hydrogens (tertiary/aromatic N) is 2.